The molecule has 0 aliphatic carbocycles. The van der Waals surface area contributed by atoms with Crippen LogP contribution in [0.15, 0.2) is 23.4 Å². The van der Waals surface area contributed by atoms with Crippen LogP contribution in [0.1, 0.15) is 17.0 Å². The maximum atomic E-state index is 10.8. The van der Waals surface area contributed by atoms with Crippen LogP contribution in [-0.2, 0) is 18.4 Å². The number of thioether (sulfide) groups is 1. The summed E-state index contributed by atoms with van der Waals surface area (Å²) in [6.45, 7) is 4.39. The quantitative estimate of drug-likeness (QED) is 0.819. The Morgan fingerprint density at radius 1 is 1.38 bits per heavy atom. The highest BCUT2D eigenvalue weighted by Gasteiger charge is 2.11. The Hall–Kier alpha value is -2.02. The summed E-state index contributed by atoms with van der Waals surface area (Å²) in [5.41, 5.74) is 7.42. The lowest BCUT2D eigenvalue weighted by atomic mass is 10.1. The van der Waals surface area contributed by atoms with Gasteiger partial charge in [-0.1, -0.05) is 23.9 Å². The van der Waals surface area contributed by atoms with Crippen LogP contribution in [0.3, 0.4) is 0 Å². The van der Waals surface area contributed by atoms with Gasteiger partial charge < -0.3 is 15.0 Å². The Labute approximate surface area is 127 Å². The molecule has 0 fully saturated rings. The molecule has 6 nitrogen and oxygen atoms in total. The molecule has 0 unspecified atom stereocenters. The fraction of sp³-hybridized carbons (Fsp3) is 0.357. The molecular formula is C14H18N4O2S. The molecule has 2 aromatic rings. The molecule has 0 aliphatic heterocycles. The second-order valence-corrected chi connectivity index (χ2v) is 5.64. The van der Waals surface area contributed by atoms with E-state index in [1.807, 2.05) is 39.1 Å². The molecule has 1 amide bonds. The molecule has 0 saturated carbocycles. The van der Waals surface area contributed by atoms with Gasteiger partial charge in [-0.05, 0) is 31.0 Å². The summed E-state index contributed by atoms with van der Waals surface area (Å²) in [6.07, 6.45) is 0. The smallest absolute Gasteiger partial charge is 0.227 e. The number of nitrogens with zero attached hydrogens (tertiary/aromatic N) is 3. The molecule has 1 heterocycles. The van der Waals surface area contributed by atoms with E-state index in [0.717, 1.165) is 11.3 Å². The van der Waals surface area contributed by atoms with Gasteiger partial charge in [0.15, 0.2) is 11.0 Å². The Kier molecular flexibility index (Phi) is 4.85. The molecule has 0 bridgehead atoms. The van der Waals surface area contributed by atoms with E-state index in [2.05, 4.69) is 10.2 Å². The fourth-order valence-corrected chi connectivity index (χ4v) is 2.42. The first-order chi connectivity index (χ1) is 9.99. The van der Waals surface area contributed by atoms with Crippen molar-refractivity contribution in [2.24, 2.45) is 12.8 Å². The van der Waals surface area contributed by atoms with Crippen molar-refractivity contribution in [3.05, 3.63) is 35.2 Å². The SMILES string of the molecule is Cc1cccc(OCc2nnc(SCC(N)=O)n2C)c1C. The maximum Gasteiger partial charge on any atom is 0.227 e. The zero-order valence-electron chi connectivity index (χ0n) is 12.3. The lowest BCUT2D eigenvalue weighted by Crippen LogP contribution is -2.13. The molecule has 112 valence electrons. The van der Waals surface area contributed by atoms with Gasteiger partial charge in [0.05, 0.1) is 5.75 Å². The Balaban J connectivity index is 2.04. The first-order valence-corrected chi connectivity index (χ1v) is 7.46. The van der Waals surface area contributed by atoms with Crippen molar-refractivity contribution in [3.63, 3.8) is 0 Å². The Morgan fingerprint density at radius 2 is 2.14 bits per heavy atom. The topological polar surface area (TPSA) is 83.0 Å². The van der Waals surface area contributed by atoms with Crippen molar-refractivity contribution in [1.82, 2.24) is 14.8 Å². The molecule has 0 aliphatic rings. The minimum absolute atomic E-state index is 0.184. The molecular weight excluding hydrogens is 288 g/mol. The first-order valence-electron chi connectivity index (χ1n) is 6.47. The zero-order valence-corrected chi connectivity index (χ0v) is 13.1. The summed E-state index contributed by atoms with van der Waals surface area (Å²) in [7, 11) is 1.84. The third kappa shape index (κ3) is 3.75. The van der Waals surface area contributed by atoms with E-state index in [1.54, 1.807) is 4.57 Å². The van der Waals surface area contributed by atoms with Gasteiger partial charge in [-0.25, -0.2) is 0 Å². The van der Waals surface area contributed by atoms with Crippen molar-refractivity contribution in [2.45, 2.75) is 25.6 Å². The number of nitrogens with two attached hydrogens (primary N) is 1. The molecule has 0 radical (unpaired) electrons. The lowest BCUT2D eigenvalue weighted by Gasteiger charge is -2.10. The maximum absolute atomic E-state index is 10.8. The number of hydrogen-bond donors (Lipinski definition) is 1. The van der Waals surface area contributed by atoms with Gasteiger partial charge in [-0.3, -0.25) is 4.79 Å². The van der Waals surface area contributed by atoms with Gasteiger partial charge in [-0.15, -0.1) is 10.2 Å². The number of aryl methyl sites for hydroxylation is 1. The second kappa shape index (κ2) is 6.62. The predicted octanol–water partition coefficient (Wildman–Crippen LogP) is 1.59. The Bertz CT molecular complexity index is 654. The number of primary amides is 1. The summed E-state index contributed by atoms with van der Waals surface area (Å²) in [4.78, 5) is 10.8. The van der Waals surface area contributed by atoms with Crippen LogP contribution in [-0.4, -0.2) is 26.4 Å². The normalized spacial score (nSPS) is 10.6. The minimum Gasteiger partial charge on any atom is -0.485 e. The summed E-state index contributed by atoms with van der Waals surface area (Å²) in [6, 6.07) is 5.94. The van der Waals surface area contributed by atoms with E-state index < -0.39 is 0 Å². The van der Waals surface area contributed by atoms with Crippen LogP contribution in [0, 0.1) is 13.8 Å². The third-order valence-electron chi connectivity index (χ3n) is 3.18. The van der Waals surface area contributed by atoms with Crippen LogP contribution in [0.4, 0.5) is 0 Å². The van der Waals surface area contributed by atoms with Crippen LogP contribution < -0.4 is 10.5 Å². The van der Waals surface area contributed by atoms with E-state index in [0.29, 0.717) is 17.6 Å². The van der Waals surface area contributed by atoms with Crippen molar-refractivity contribution in [1.29, 1.82) is 0 Å². The Morgan fingerprint density at radius 3 is 2.86 bits per heavy atom. The number of aromatic nitrogens is 3. The highest BCUT2D eigenvalue weighted by atomic mass is 32.2. The van der Waals surface area contributed by atoms with Crippen molar-refractivity contribution in [2.75, 3.05) is 5.75 Å². The zero-order chi connectivity index (χ0) is 15.4. The molecule has 1 aromatic carbocycles. The molecule has 0 saturated heterocycles. The number of amides is 1. The molecule has 7 heteroatoms. The van der Waals surface area contributed by atoms with Crippen molar-refractivity contribution >= 4 is 17.7 Å². The van der Waals surface area contributed by atoms with Gasteiger partial charge in [0.2, 0.25) is 5.91 Å². The average molecular weight is 306 g/mol. The average Bonchev–Trinajstić information content (AvgIpc) is 2.79. The van der Waals surface area contributed by atoms with E-state index in [9.17, 15) is 4.79 Å². The number of hydrogen-bond acceptors (Lipinski definition) is 5. The summed E-state index contributed by atoms with van der Waals surface area (Å²) >= 11 is 1.26. The van der Waals surface area contributed by atoms with Gasteiger partial charge in [0.25, 0.3) is 0 Å². The monoisotopic (exact) mass is 306 g/mol. The van der Waals surface area contributed by atoms with E-state index in [-0.39, 0.29) is 11.7 Å². The highest BCUT2D eigenvalue weighted by molar-refractivity contribution is 7.99. The van der Waals surface area contributed by atoms with Gasteiger partial charge in [-0.2, -0.15) is 0 Å². The standard InChI is InChI=1S/C14H18N4O2S/c1-9-5-4-6-11(10(9)2)20-7-13-16-17-14(18(13)3)21-8-12(15)19/h4-6H,7-8H2,1-3H3,(H2,15,19). The fourth-order valence-electron chi connectivity index (χ4n) is 1.75. The molecule has 0 spiro atoms. The van der Waals surface area contributed by atoms with E-state index >= 15 is 0 Å². The number of benzene rings is 1. The van der Waals surface area contributed by atoms with Crippen LogP contribution in [0.5, 0.6) is 5.75 Å². The largest absolute Gasteiger partial charge is 0.485 e. The van der Waals surface area contributed by atoms with E-state index in [1.165, 1.54) is 17.3 Å². The van der Waals surface area contributed by atoms with Crippen LogP contribution >= 0.6 is 11.8 Å². The molecule has 0 atom stereocenters. The first kappa shape index (κ1) is 15.4. The van der Waals surface area contributed by atoms with Gasteiger partial charge in [0.1, 0.15) is 12.4 Å². The van der Waals surface area contributed by atoms with Crippen molar-refractivity contribution < 1.29 is 9.53 Å². The molecule has 2 rings (SSSR count). The lowest BCUT2D eigenvalue weighted by molar-refractivity contribution is -0.115. The van der Waals surface area contributed by atoms with Gasteiger partial charge in [0, 0.05) is 7.05 Å². The molecule has 21 heavy (non-hydrogen) atoms. The highest BCUT2D eigenvalue weighted by Crippen LogP contribution is 2.22. The number of carbonyl (C=O) groups excluding carboxylic acids is 1. The van der Waals surface area contributed by atoms with Crippen molar-refractivity contribution in [3.8, 4) is 5.75 Å². The summed E-state index contributed by atoms with van der Waals surface area (Å²) in [5, 5.41) is 8.75. The van der Waals surface area contributed by atoms with Gasteiger partial charge >= 0.3 is 0 Å². The molecule has 1 aromatic heterocycles. The number of ether oxygens (including phenoxy) is 1. The summed E-state index contributed by atoms with van der Waals surface area (Å²) < 4.78 is 7.60. The van der Waals surface area contributed by atoms with Crippen LogP contribution in [0.2, 0.25) is 0 Å². The van der Waals surface area contributed by atoms with E-state index in [4.69, 9.17) is 10.5 Å². The third-order valence-corrected chi connectivity index (χ3v) is 4.22. The predicted molar refractivity (Wildman–Crippen MR) is 81.2 cm³/mol. The second-order valence-electron chi connectivity index (χ2n) is 4.70. The number of carbonyl (C=O) groups is 1. The minimum atomic E-state index is -0.379. The summed E-state index contributed by atoms with van der Waals surface area (Å²) in [5.74, 6) is 1.34. The molecule has 2 N–H and O–H groups in total. The number of rotatable bonds is 6. The van der Waals surface area contributed by atoms with Crippen LogP contribution in [0.25, 0.3) is 0 Å².